The molecule has 29 heavy (non-hydrogen) atoms. The highest BCUT2D eigenvalue weighted by Gasteiger charge is 2.20. The molecule has 1 N–H and O–H groups in total. The van der Waals surface area contributed by atoms with E-state index in [9.17, 15) is 14.4 Å². The standard InChI is InChI=1S/C19H18N2O7S/c1-21(19(24)20-12-7-10(25-2)5-6-13(12)26-3)16-9-14-15(29-16)8-11(17(22)27-4)18(23)28-14/h5-9H,1-4H3,(H,20,24). The van der Waals surface area contributed by atoms with Crippen LogP contribution in [-0.4, -0.2) is 40.4 Å². The number of fused-ring (bicyclic) bond motifs is 1. The number of carbonyl (C=O) groups excluding carboxylic acids is 2. The minimum atomic E-state index is -0.804. The van der Waals surface area contributed by atoms with Gasteiger partial charge in [0.2, 0.25) is 0 Å². The Morgan fingerprint density at radius 2 is 1.86 bits per heavy atom. The molecule has 3 rings (SSSR count). The summed E-state index contributed by atoms with van der Waals surface area (Å²) in [6, 6.07) is 7.51. The predicted octanol–water partition coefficient (Wildman–Crippen LogP) is 3.33. The Kier molecular flexibility index (Phi) is 5.74. The average molecular weight is 418 g/mol. The van der Waals surface area contributed by atoms with E-state index in [1.165, 1.54) is 43.6 Å². The van der Waals surface area contributed by atoms with E-state index >= 15 is 0 Å². The molecule has 0 bridgehead atoms. The van der Waals surface area contributed by atoms with Crippen LogP contribution >= 0.6 is 11.3 Å². The number of amides is 2. The summed E-state index contributed by atoms with van der Waals surface area (Å²) in [5.41, 5.74) is -0.311. The Morgan fingerprint density at radius 1 is 1.10 bits per heavy atom. The van der Waals surface area contributed by atoms with Crippen molar-refractivity contribution in [2.45, 2.75) is 0 Å². The number of hydrogen-bond donors (Lipinski definition) is 1. The van der Waals surface area contributed by atoms with Gasteiger partial charge in [-0.15, -0.1) is 11.3 Å². The number of nitrogens with zero attached hydrogens (tertiary/aromatic N) is 1. The SMILES string of the molecule is COC(=O)c1cc2sc(N(C)C(=O)Nc3cc(OC)ccc3OC)cc2oc1=O. The zero-order chi connectivity index (χ0) is 21.1. The number of benzene rings is 1. The molecule has 0 fully saturated rings. The van der Waals surface area contributed by atoms with E-state index in [1.54, 1.807) is 31.3 Å². The highest BCUT2D eigenvalue weighted by molar-refractivity contribution is 7.22. The number of rotatable bonds is 5. The Balaban J connectivity index is 1.89. The number of thiophene rings is 1. The lowest BCUT2D eigenvalue weighted by molar-refractivity contribution is 0.0596. The number of ether oxygens (including phenoxy) is 3. The van der Waals surface area contributed by atoms with Crippen molar-refractivity contribution >= 4 is 44.3 Å². The molecule has 10 heteroatoms. The van der Waals surface area contributed by atoms with Gasteiger partial charge in [0, 0.05) is 19.2 Å². The number of urea groups is 1. The van der Waals surface area contributed by atoms with Crippen LogP contribution < -0.4 is 25.3 Å². The highest BCUT2D eigenvalue weighted by atomic mass is 32.1. The quantitative estimate of drug-likeness (QED) is 0.633. The van der Waals surface area contributed by atoms with Crippen LogP contribution in [0.25, 0.3) is 10.3 Å². The lowest BCUT2D eigenvalue weighted by Gasteiger charge is -2.17. The van der Waals surface area contributed by atoms with Crippen molar-refractivity contribution < 1.29 is 28.2 Å². The second-order valence-corrected chi connectivity index (χ2v) is 6.87. The van der Waals surface area contributed by atoms with Crippen LogP contribution in [0, 0.1) is 0 Å². The summed E-state index contributed by atoms with van der Waals surface area (Å²) < 4.78 is 20.7. The van der Waals surface area contributed by atoms with E-state index in [2.05, 4.69) is 10.1 Å². The van der Waals surface area contributed by atoms with Crippen LogP contribution in [0.3, 0.4) is 0 Å². The Hall–Kier alpha value is -3.53. The van der Waals surface area contributed by atoms with Crippen molar-refractivity contribution in [1.82, 2.24) is 0 Å². The molecule has 1 aromatic carbocycles. The molecule has 0 spiro atoms. The second kappa shape index (κ2) is 8.23. The summed E-state index contributed by atoms with van der Waals surface area (Å²) in [7, 11) is 5.75. The van der Waals surface area contributed by atoms with Gasteiger partial charge in [-0.1, -0.05) is 0 Å². The van der Waals surface area contributed by atoms with E-state index in [0.29, 0.717) is 26.9 Å². The van der Waals surface area contributed by atoms with Crippen molar-refractivity contribution in [3.05, 3.63) is 46.3 Å². The lowest BCUT2D eigenvalue weighted by atomic mass is 10.2. The van der Waals surface area contributed by atoms with Crippen molar-refractivity contribution in [2.75, 3.05) is 38.6 Å². The minimum Gasteiger partial charge on any atom is -0.497 e. The number of methoxy groups -OCH3 is 3. The molecule has 2 aromatic heterocycles. The minimum absolute atomic E-state index is 0.207. The van der Waals surface area contributed by atoms with E-state index in [1.807, 2.05) is 0 Å². The van der Waals surface area contributed by atoms with E-state index < -0.39 is 17.6 Å². The maximum absolute atomic E-state index is 12.7. The molecular formula is C19H18N2O7S. The van der Waals surface area contributed by atoms with E-state index in [-0.39, 0.29) is 11.1 Å². The van der Waals surface area contributed by atoms with Crippen molar-refractivity contribution in [1.29, 1.82) is 0 Å². The molecular weight excluding hydrogens is 400 g/mol. The van der Waals surface area contributed by atoms with Crippen LogP contribution in [0.15, 0.2) is 39.5 Å². The third-order valence-electron chi connectivity index (χ3n) is 4.10. The summed E-state index contributed by atoms with van der Waals surface area (Å²) >= 11 is 1.18. The van der Waals surface area contributed by atoms with Gasteiger partial charge in [-0.3, -0.25) is 4.90 Å². The van der Waals surface area contributed by atoms with Crippen molar-refractivity contribution in [3.63, 3.8) is 0 Å². The molecule has 0 aliphatic heterocycles. The molecule has 0 radical (unpaired) electrons. The third kappa shape index (κ3) is 4.02. The second-order valence-electron chi connectivity index (χ2n) is 5.81. The number of hydrogen-bond acceptors (Lipinski definition) is 8. The molecule has 2 amide bonds. The number of anilines is 2. The van der Waals surface area contributed by atoms with Crippen molar-refractivity contribution in [3.8, 4) is 11.5 Å². The Labute approximate surface area is 169 Å². The van der Waals surface area contributed by atoms with E-state index in [4.69, 9.17) is 13.9 Å². The van der Waals surface area contributed by atoms with Crippen LogP contribution in [0.2, 0.25) is 0 Å². The molecule has 0 unspecified atom stereocenters. The zero-order valence-corrected chi connectivity index (χ0v) is 16.9. The fraction of sp³-hybridized carbons (Fsp3) is 0.211. The summed E-state index contributed by atoms with van der Waals surface area (Å²) in [5, 5.41) is 3.26. The monoisotopic (exact) mass is 418 g/mol. The third-order valence-corrected chi connectivity index (χ3v) is 5.24. The van der Waals surface area contributed by atoms with Gasteiger partial charge in [-0.2, -0.15) is 0 Å². The maximum Gasteiger partial charge on any atom is 0.351 e. The van der Waals surface area contributed by atoms with Gasteiger partial charge in [0.1, 0.15) is 22.1 Å². The van der Waals surface area contributed by atoms with Gasteiger partial charge in [0.25, 0.3) is 0 Å². The molecule has 0 atom stereocenters. The maximum atomic E-state index is 12.7. The summed E-state index contributed by atoms with van der Waals surface area (Å²) in [6.45, 7) is 0. The molecule has 152 valence electrons. The van der Waals surface area contributed by atoms with Gasteiger partial charge in [0.05, 0.1) is 31.7 Å². The normalized spacial score (nSPS) is 10.5. The first-order valence-corrected chi connectivity index (χ1v) is 9.12. The molecule has 9 nitrogen and oxygen atoms in total. The van der Waals surface area contributed by atoms with Gasteiger partial charge >= 0.3 is 17.6 Å². The van der Waals surface area contributed by atoms with Gasteiger partial charge in [-0.05, 0) is 18.2 Å². The largest absolute Gasteiger partial charge is 0.497 e. The molecule has 0 saturated heterocycles. The fourth-order valence-electron chi connectivity index (χ4n) is 2.53. The van der Waals surface area contributed by atoms with Crippen LogP contribution in [0.5, 0.6) is 11.5 Å². The first-order valence-electron chi connectivity index (χ1n) is 8.30. The Morgan fingerprint density at radius 3 is 2.52 bits per heavy atom. The van der Waals surface area contributed by atoms with E-state index in [0.717, 1.165) is 0 Å². The number of esters is 1. The number of carbonyl (C=O) groups is 2. The van der Waals surface area contributed by atoms with Crippen LogP contribution in [0.4, 0.5) is 15.5 Å². The molecule has 3 aromatic rings. The number of nitrogens with one attached hydrogen (secondary N) is 1. The van der Waals surface area contributed by atoms with Gasteiger partial charge < -0.3 is 23.9 Å². The predicted molar refractivity (Wildman–Crippen MR) is 109 cm³/mol. The average Bonchev–Trinajstić information content (AvgIpc) is 3.14. The first-order chi connectivity index (χ1) is 13.9. The fourth-order valence-corrected chi connectivity index (χ4v) is 3.52. The highest BCUT2D eigenvalue weighted by Crippen LogP contribution is 2.33. The summed E-state index contributed by atoms with van der Waals surface area (Å²) in [6.07, 6.45) is 0. The summed E-state index contributed by atoms with van der Waals surface area (Å²) in [5.74, 6) is 0.243. The smallest absolute Gasteiger partial charge is 0.351 e. The zero-order valence-electron chi connectivity index (χ0n) is 16.1. The van der Waals surface area contributed by atoms with Crippen LogP contribution in [0.1, 0.15) is 10.4 Å². The van der Waals surface area contributed by atoms with Crippen LogP contribution in [-0.2, 0) is 4.74 Å². The summed E-state index contributed by atoms with van der Waals surface area (Å²) in [4.78, 5) is 37.7. The molecule has 2 heterocycles. The molecule has 0 saturated carbocycles. The Bertz CT molecular complexity index is 1140. The van der Waals surface area contributed by atoms with Gasteiger partial charge in [-0.25, -0.2) is 14.4 Å². The van der Waals surface area contributed by atoms with Gasteiger partial charge in [0.15, 0.2) is 5.58 Å². The lowest BCUT2D eigenvalue weighted by Crippen LogP contribution is -2.30. The first kappa shape index (κ1) is 20.2. The van der Waals surface area contributed by atoms with Crippen molar-refractivity contribution in [2.24, 2.45) is 0 Å². The topological polar surface area (TPSA) is 107 Å². The molecule has 0 aliphatic rings. The molecule has 0 aliphatic carbocycles.